The van der Waals surface area contributed by atoms with Gasteiger partial charge in [-0.3, -0.25) is 19.2 Å². The van der Waals surface area contributed by atoms with Crippen LogP contribution < -0.4 is 19.8 Å². The van der Waals surface area contributed by atoms with Gasteiger partial charge in [0.15, 0.2) is 18.0 Å². The summed E-state index contributed by atoms with van der Waals surface area (Å²) in [7, 11) is 1.27. The summed E-state index contributed by atoms with van der Waals surface area (Å²) in [5.41, 5.74) is -0.889. The van der Waals surface area contributed by atoms with Crippen molar-refractivity contribution in [2.24, 2.45) is 0 Å². The van der Waals surface area contributed by atoms with Gasteiger partial charge in [-0.05, 0) is 24.3 Å². The van der Waals surface area contributed by atoms with E-state index in [4.69, 9.17) is 42.3 Å². The highest BCUT2D eigenvalue weighted by Gasteiger charge is 2.53. The molecule has 5 atom stereocenters. The van der Waals surface area contributed by atoms with E-state index in [-0.39, 0.29) is 28.0 Å². The lowest BCUT2D eigenvalue weighted by molar-refractivity contribution is -0.288. The van der Waals surface area contributed by atoms with Crippen molar-refractivity contribution >= 4 is 40.8 Å². The summed E-state index contributed by atoms with van der Waals surface area (Å²) >= 11 is 0. The highest BCUT2D eigenvalue weighted by molar-refractivity contribution is 5.93. The Labute approximate surface area is 261 Å². The summed E-state index contributed by atoms with van der Waals surface area (Å²) < 4.78 is 49.3. The monoisotopic (exact) mass is 642 g/mol. The molecule has 0 aliphatic carbocycles. The molecule has 46 heavy (non-hydrogen) atoms. The molecule has 1 fully saturated rings. The van der Waals surface area contributed by atoms with Crippen LogP contribution in [0, 0.1) is 0 Å². The number of rotatable bonds is 10. The number of carbonyl (C=O) groups is 5. The Morgan fingerprint density at radius 2 is 1.39 bits per heavy atom. The van der Waals surface area contributed by atoms with Gasteiger partial charge < -0.3 is 42.3 Å². The zero-order valence-corrected chi connectivity index (χ0v) is 25.3. The normalized spacial score (nSPS) is 20.6. The van der Waals surface area contributed by atoms with Crippen LogP contribution in [0.25, 0.3) is 11.0 Å². The van der Waals surface area contributed by atoms with E-state index < -0.39 is 78.5 Å². The number of ether oxygens (including phenoxy) is 8. The van der Waals surface area contributed by atoms with E-state index in [2.05, 4.69) is 0 Å². The van der Waals surface area contributed by atoms with E-state index in [0.29, 0.717) is 0 Å². The van der Waals surface area contributed by atoms with Crippen LogP contribution in [0.3, 0.4) is 0 Å². The molecule has 1 saturated heterocycles. The van der Waals surface area contributed by atoms with Crippen LogP contribution in [0.1, 0.15) is 38.1 Å². The average molecular weight is 643 g/mol. The van der Waals surface area contributed by atoms with E-state index in [1.165, 1.54) is 37.4 Å². The van der Waals surface area contributed by atoms with Crippen LogP contribution >= 0.6 is 0 Å². The minimum absolute atomic E-state index is 0.00707. The van der Waals surface area contributed by atoms with Gasteiger partial charge in [0, 0.05) is 33.8 Å². The quantitative estimate of drug-likeness (QED) is 0.178. The molecule has 0 bridgehead atoms. The number of benzene rings is 2. The summed E-state index contributed by atoms with van der Waals surface area (Å²) in [4.78, 5) is 73.2. The van der Waals surface area contributed by atoms with Gasteiger partial charge in [0.1, 0.15) is 24.0 Å². The predicted octanol–water partition coefficient (Wildman–Crippen LogP) is 2.48. The Hall–Kier alpha value is -5.44. The number of hydrogen-bond acceptors (Lipinski definition) is 15. The van der Waals surface area contributed by atoms with Crippen LogP contribution in [0.5, 0.6) is 17.2 Å². The fourth-order valence-corrected chi connectivity index (χ4v) is 4.64. The number of carbonyl (C=O) groups excluding carboxylic acids is 5. The molecule has 15 heteroatoms. The summed E-state index contributed by atoms with van der Waals surface area (Å²) in [5, 5.41) is 0.229. The molecule has 0 saturated carbocycles. The molecule has 1 aromatic heterocycles. The van der Waals surface area contributed by atoms with Gasteiger partial charge in [-0.1, -0.05) is 18.2 Å². The van der Waals surface area contributed by atoms with Crippen LogP contribution in [-0.2, 0) is 42.9 Å². The van der Waals surface area contributed by atoms with Crippen molar-refractivity contribution in [3.8, 4) is 17.2 Å². The first-order valence-electron chi connectivity index (χ1n) is 13.8. The summed E-state index contributed by atoms with van der Waals surface area (Å²) in [5.74, 6) is -4.46. The maximum Gasteiger partial charge on any atom is 0.383 e. The Morgan fingerprint density at radius 1 is 0.761 bits per heavy atom. The van der Waals surface area contributed by atoms with Crippen LogP contribution in [0.4, 0.5) is 0 Å². The second-order valence-electron chi connectivity index (χ2n) is 9.85. The van der Waals surface area contributed by atoms with Gasteiger partial charge in [0.2, 0.25) is 12.4 Å². The highest BCUT2D eigenvalue weighted by Crippen LogP contribution is 2.36. The summed E-state index contributed by atoms with van der Waals surface area (Å²) in [6, 6.07) is 12.1. The van der Waals surface area contributed by atoms with Gasteiger partial charge >= 0.3 is 35.5 Å². The molecule has 0 N–H and O–H groups in total. The summed E-state index contributed by atoms with van der Waals surface area (Å²) in [6.45, 7) is 3.97. The van der Waals surface area contributed by atoms with Crippen molar-refractivity contribution < 1.29 is 66.3 Å². The minimum atomic E-state index is -1.53. The molecule has 0 spiro atoms. The van der Waals surface area contributed by atoms with E-state index in [0.717, 1.165) is 27.7 Å². The molecule has 0 unspecified atom stereocenters. The molecule has 1 aliphatic heterocycles. The molecule has 1 aliphatic rings. The van der Waals surface area contributed by atoms with Crippen LogP contribution in [0.15, 0.2) is 57.7 Å². The third-order valence-electron chi connectivity index (χ3n) is 6.40. The smallest absolute Gasteiger partial charge is 0.383 e. The van der Waals surface area contributed by atoms with Crippen molar-refractivity contribution in [1.82, 2.24) is 0 Å². The van der Waals surface area contributed by atoms with Crippen molar-refractivity contribution in [1.29, 1.82) is 0 Å². The van der Waals surface area contributed by atoms with Crippen LogP contribution in [-0.4, -0.2) is 74.3 Å². The van der Waals surface area contributed by atoms with E-state index in [1.54, 1.807) is 18.2 Å². The standard InChI is InChI=1S/C31H30O15/c1-15(32)39-14-23-25(40-16(2)33)26(41-17(3)34)28(42-18(4)35)31(45-23)43-20-11-12-21-22(13-20)44-30(37)27(24(21)38-5)46-29(36)19-9-7-6-8-10-19/h6-13,23,25-26,28,31H,14H2,1-5H3/t23-,25-,26+,28-,31-/m1/s1. The van der Waals surface area contributed by atoms with Crippen molar-refractivity contribution in [3.05, 3.63) is 64.5 Å². The van der Waals surface area contributed by atoms with Gasteiger partial charge in [0.05, 0.1) is 18.1 Å². The van der Waals surface area contributed by atoms with Gasteiger partial charge in [-0.25, -0.2) is 9.59 Å². The second kappa shape index (κ2) is 14.6. The molecule has 4 rings (SSSR count). The molecular formula is C31H30O15. The molecule has 2 aromatic carbocycles. The summed E-state index contributed by atoms with van der Waals surface area (Å²) in [6.07, 6.45) is -7.09. The SMILES string of the molecule is COc1c(OC(=O)c2ccccc2)c(=O)oc2cc(O[C@@H]3O[C@H](COC(C)=O)[C@@H](OC(C)=O)[C@H](OC(C)=O)[C@H]3OC(C)=O)ccc12. The molecule has 2 heterocycles. The highest BCUT2D eigenvalue weighted by atomic mass is 16.7. The van der Waals surface area contributed by atoms with E-state index in [9.17, 15) is 28.8 Å². The third-order valence-corrected chi connectivity index (χ3v) is 6.40. The molecule has 0 amide bonds. The lowest BCUT2D eigenvalue weighted by atomic mass is 9.98. The van der Waals surface area contributed by atoms with Crippen molar-refractivity contribution in [3.63, 3.8) is 0 Å². The first-order valence-corrected chi connectivity index (χ1v) is 13.8. The largest absolute Gasteiger partial charge is 0.492 e. The lowest BCUT2D eigenvalue weighted by Gasteiger charge is -2.43. The third kappa shape index (κ3) is 7.98. The number of esters is 5. The number of hydrogen-bond donors (Lipinski definition) is 0. The maximum absolute atomic E-state index is 12.9. The molecule has 244 valence electrons. The average Bonchev–Trinajstić information content (AvgIpc) is 2.99. The zero-order chi connectivity index (χ0) is 33.5. The Kier molecular flexibility index (Phi) is 10.6. The minimum Gasteiger partial charge on any atom is -0.492 e. The number of methoxy groups -OCH3 is 1. The Balaban J connectivity index is 1.71. The lowest BCUT2D eigenvalue weighted by Crippen LogP contribution is -2.63. The molecule has 0 radical (unpaired) electrons. The van der Waals surface area contributed by atoms with Crippen molar-refractivity contribution in [2.75, 3.05) is 13.7 Å². The van der Waals surface area contributed by atoms with Crippen LogP contribution in [0.2, 0.25) is 0 Å². The van der Waals surface area contributed by atoms with Gasteiger partial charge in [-0.2, -0.15) is 0 Å². The maximum atomic E-state index is 12.9. The van der Waals surface area contributed by atoms with E-state index in [1.807, 2.05) is 0 Å². The molecular weight excluding hydrogens is 612 g/mol. The fourth-order valence-electron chi connectivity index (χ4n) is 4.64. The zero-order valence-electron chi connectivity index (χ0n) is 25.3. The molecule has 3 aromatic rings. The first kappa shape index (κ1) is 33.5. The Bertz CT molecular complexity index is 1680. The Morgan fingerprint density at radius 3 is 2.00 bits per heavy atom. The predicted molar refractivity (Wildman–Crippen MR) is 153 cm³/mol. The topological polar surface area (TPSA) is 189 Å². The van der Waals surface area contributed by atoms with Gasteiger partial charge in [0.25, 0.3) is 5.75 Å². The van der Waals surface area contributed by atoms with E-state index >= 15 is 0 Å². The first-order chi connectivity index (χ1) is 21.9. The molecule has 15 nitrogen and oxygen atoms in total. The van der Waals surface area contributed by atoms with Crippen molar-refractivity contribution in [2.45, 2.75) is 58.4 Å². The number of fused-ring (bicyclic) bond motifs is 1. The van der Waals surface area contributed by atoms with Gasteiger partial charge in [-0.15, -0.1) is 0 Å². The fraction of sp³-hybridized carbons (Fsp3) is 0.355. The second-order valence-corrected chi connectivity index (χ2v) is 9.85.